The zero-order chi connectivity index (χ0) is 24.1. The van der Waals surface area contributed by atoms with Crippen molar-refractivity contribution >= 4 is 5.69 Å². The maximum Gasteiger partial charge on any atom is 0.123 e. The van der Waals surface area contributed by atoms with Gasteiger partial charge in [0.15, 0.2) is 0 Å². The van der Waals surface area contributed by atoms with Crippen LogP contribution < -0.4 is 9.64 Å². The molecule has 1 heterocycles. The molecule has 0 saturated carbocycles. The Labute approximate surface area is 199 Å². The van der Waals surface area contributed by atoms with Gasteiger partial charge in [-0.15, -0.1) is 0 Å². The number of phenolic OH excluding ortho intramolecular Hbond substituents is 1. The Morgan fingerprint density at radius 3 is 2.53 bits per heavy atom. The third-order valence-electron chi connectivity index (χ3n) is 6.09. The molecule has 1 aliphatic heterocycles. The van der Waals surface area contributed by atoms with Gasteiger partial charge < -0.3 is 25.1 Å². The van der Waals surface area contributed by atoms with Gasteiger partial charge in [-0.2, -0.15) is 5.06 Å². The van der Waals surface area contributed by atoms with Gasteiger partial charge >= 0.3 is 0 Å². The number of aliphatic hydroxyl groups excluding tert-OH is 1. The zero-order valence-electron chi connectivity index (χ0n) is 19.3. The second-order valence-electron chi connectivity index (χ2n) is 8.78. The summed E-state index contributed by atoms with van der Waals surface area (Å²) < 4.78 is 19.2. The minimum atomic E-state index is -0.604. The summed E-state index contributed by atoms with van der Waals surface area (Å²) in [6.07, 6.45) is 0.947. The number of aliphatic hydroxyl groups is 1. The molecule has 2 unspecified atom stereocenters. The summed E-state index contributed by atoms with van der Waals surface area (Å²) >= 11 is 0. The first kappa shape index (κ1) is 24.0. The number of ether oxygens (including phenoxy) is 1. The average Bonchev–Trinajstić information content (AvgIpc) is 2.80. The molecule has 1 aliphatic rings. The van der Waals surface area contributed by atoms with Crippen molar-refractivity contribution in [2.75, 3.05) is 31.1 Å². The van der Waals surface area contributed by atoms with Gasteiger partial charge in [-0.05, 0) is 85.0 Å². The highest BCUT2D eigenvalue weighted by Crippen LogP contribution is 2.37. The maximum absolute atomic E-state index is 13.5. The first-order chi connectivity index (χ1) is 16.4. The van der Waals surface area contributed by atoms with Gasteiger partial charge in [0, 0.05) is 18.8 Å². The summed E-state index contributed by atoms with van der Waals surface area (Å²) in [6, 6.07) is 20.1. The summed E-state index contributed by atoms with van der Waals surface area (Å²) in [7, 11) is 0. The predicted molar refractivity (Wildman–Crippen MR) is 129 cm³/mol. The van der Waals surface area contributed by atoms with Crippen LogP contribution in [-0.4, -0.2) is 52.8 Å². The van der Waals surface area contributed by atoms with Crippen LogP contribution in [0.25, 0.3) is 0 Å². The van der Waals surface area contributed by atoms with Gasteiger partial charge in [0.1, 0.15) is 23.9 Å². The number of aromatic hydroxyl groups is 1. The molecule has 0 bridgehead atoms. The second-order valence-corrected chi connectivity index (χ2v) is 8.78. The number of nitrogens with zero attached hydrogens (tertiary/aromatic N) is 2. The van der Waals surface area contributed by atoms with E-state index in [1.54, 1.807) is 13.0 Å². The number of benzene rings is 3. The SMILES string of the molecule is CC(O)CN(O)CCOc1ccc(CC2c3ccc(O)cc3CCN2c2ccc(F)cc2)cc1. The Morgan fingerprint density at radius 2 is 1.82 bits per heavy atom. The zero-order valence-corrected chi connectivity index (χ0v) is 19.3. The normalized spacial score (nSPS) is 16.4. The number of rotatable bonds is 9. The van der Waals surface area contributed by atoms with E-state index in [4.69, 9.17) is 4.74 Å². The quantitative estimate of drug-likeness (QED) is 0.408. The largest absolute Gasteiger partial charge is 0.508 e. The Hall–Kier alpha value is -3.13. The van der Waals surface area contributed by atoms with Gasteiger partial charge in [-0.3, -0.25) is 0 Å². The third kappa shape index (κ3) is 6.05. The molecule has 4 rings (SSSR count). The van der Waals surface area contributed by atoms with Crippen molar-refractivity contribution in [3.63, 3.8) is 0 Å². The minimum absolute atomic E-state index is 0.0463. The number of hydrogen-bond donors (Lipinski definition) is 3. The summed E-state index contributed by atoms with van der Waals surface area (Å²) in [6.45, 7) is 3.17. The molecule has 6 nitrogen and oxygen atoms in total. The Balaban J connectivity index is 1.48. The number of halogens is 1. The van der Waals surface area contributed by atoms with E-state index in [0.717, 1.165) is 46.8 Å². The van der Waals surface area contributed by atoms with Crippen molar-refractivity contribution < 1.29 is 24.5 Å². The summed E-state index contributed by atoms with van der Waals surface area (Å²) in [4.78, 5) is 2.29. The molecular formula is C27H31FN2O4. The maximum atomic E-state index is 13.5. The molecule has 0 saturated heterocycles. The lowest BCUT2D eigenvalue weighted by molar-refractivity contribution is -0.115. The Bertz CT molecular complexity index is 1070. The number of phenols is 1. The van der Waals surface area contributed by atoms with E-state index in [1.165, 1.54) is 12.1 Å². The van der Waals surface area contributed by atoms with E-state index in [-0.39, 0.29) is 24.2 Å². The molecule has 3 aromatic rings. The second kappa shape index (κ2) is 10.9. The average molecular weight is 467 g/mol. The van der Waals surface area contributed by atoms with Crippen molar-refractivity contribution in [1.29, 1.82) is 0 Å². The molecule has 3 aromatic carbocycles. The molecule has 34 heavy (non-hydrogen) atoms. The third-order valence-corrected chi connectivity index (χ3v) is 6.09. The van der Waals surface area contributed by atoms with Crippen molar-refractivity contribution in [3.05, 3.63) is 89.2 Å². The van der Waals surface area contributed by atoms with Crippen molar-refractivity contribution in [2.24, 2.45) is 0 Å². The Morgan fingerprint density at radius 1 is 1.09 bits per heavy atom. The number of anilines is 1. The first-order valence-electron chi connectivity index (χ1n) is 11.6. The van der Waals surface area contributed by atoms with Crippen LogP contribution in [0.3, 0.4) is 0 Å². The first-order valence-corrected chi connectivity index (χ1v) is 11.6. The molecule has 0 spiro atoms. The summed E-state index contributed by atoms with van der Waals surface area (Å²) in [5.41, 5.74) is 4.39. The van der Waals surface area contributed by atoms with Gasteiger partial charge in [0.05, 0.1) is 18.7 Å². The molecule has 7 heteroatoms. The van der Waals surface area contributed by atoms with E-state index < -0.39 is 6.10 Å². The standard InChI is InChI=1S/C27H31FN2O4/c1-19(31)18-29(33)14-15-34-25-9-2-20(3-10-25)16-27-26-11-8-24(32)17-21(26)12-13-30(27)23-6-4-22(28)5-7-23/h2-11,17,19,27,31-33H,12-16,18H2,1H3. The van der Waals surface area contributed by atoms with E-state index in [9.17, 15) is 19.8 Å². The van der Waals surface area contributed by atoms with Gasteiger partial charge in [0.2, 0.25) is 0 Å². The highest BCUT2D eigenvalue weighted by atomic mass is 19.1. The van der Waals surface area contributed by atoms with Crippen LogP contribution in [0, 0.1) is 5.82 Å². The molecule has 0 fully saturated rings. The van der Waals surface area contributed by atoms with E-state index >= 15 is 0 Å². The van der Waals surface area contributed by atoms with Gasteiger partial charge in [-0.1, -0.05) is 18.2 Å². The van der Waals surface area contributed by atoms with Crippen LogP contribution in [0.2, 0.25) is 0 Å². The number of hydrogen-bond acceptors (Lipinski definition) is 6. The fourth-order valence-electron chi connectivity index (χ4n) is 4.47. The summed E-state index contributed by atoms with van der Waals surface area (Å²) in [5, 5.41) is 30.0. The van der Waals surface area contributed by atoms with Crippen molar-refractivity contribution in [3.8, 4) is 11.5 Å². The lowest BCUT2D eigenvalue weighted by atomic mass is 9.88. The van der Waals surface area contributed by atoms with Gasteiger partial charge in [-0.25, -0.2) is 4.39 Å². The highest BCUT2D eigenvalue weighted by molar-refractivity contribution is 5.53. The van der Waals surface area contributed by atoms with E-state index in [0.29, 0.717) is 18.9 Å². The lowest BCUT2D eigenvalue weighted by Gasteiger charge is -2.39. The topological polar surface area (TPSA) is 76.4 Å². The molecule has 0 amide bonds. The molecule has 180 valence electrons. The van der Waals surface area contributed by atoms with E-state index in [2.05, 4.69) is 4.90 Å². The lowest BCUT2D eigenvalue weighted by Crippen LogP contribution is -2.36. The monoisotopic (exact) mass is 466 g/mol. The molecule has 0 radical (unpaired) electrons. The predicted octanol–water partition coefficient (Wildman–Crippen LogP) is 4.33. The van der Waals surface area contributed by atoms with Crippen LogP contribution >= 0.6 is 0 Å². The van der Waals surface area contributed by atoms with Crippen LogP contribution in [0.1, 0.15) is 29.7 Å². The molecular weight excluding hydrogens is 435 g/mol. The molecule has 3 N–H and O–H groups in total. The minimum Gasteiger partial charge on any atom is -0.508 e. The summed E-state index contributed by atoms with van der Waals surface area (Å²) in [5.74, 6) is 0.719. The van der Waals surface area contributed by atoms with Crippen LogP contribution in [-0.2, 0) is 12.8 Å². The van der Waals surface area contributed by atoms with E-state index in [1.807, 2.05) is 48.5 Å². The molecule has 0 aromatic heterocycles. The fraction of sp³-hybridized carbons (Fsp3) is 0.333. The smallest absolute Gasteiger partial charge is 0.123 e. The number of hydroxylamine groups is 2. The Kier molecular flexibility index (Phi) is 7.67. The van der Waals surface area contributed by atoms with Crippen LogP contribution in [0.4, 0.5) is 10.1 Å². The molecule has 2 atom stereocenters. The van der Waals surface area contributed by atoms with Crippen LogP contribution in [0.5, 0.6) is 11.5 Å². The highest BCUT2D eigenvalue weighted by Gasteiger charge is 2.28. The fourth-order valence-corrected chi connectivity index (χ4v) is 4.47. The van der Waals surface area contributed by atoms with Crippen molar-refractivity contribution in [1.82, 2.24) is 5.06 Å². The van der Waals surface area contributed by atoms with Gasteiger partial charge in [0.25, 0.3) is 0 Å². The number of fused-ring (bicyclic) bond motifs is 1. The van der Waals surface area contributed by atoms with Crippen molar-refractivity contribution in [2.45, 2.75) is 31.9 Å². The van der Waals surface area contributed by atoms with Crippen LogP contribution in [0.15, 0.2) is 66.7 Å². The molecule has 0 aliphatic carbocycles.